The van der Waals surface area contributed by atoms with E-state index in [2.05, 4.69) is 22.1 Å². The van der Waals surface area contributed by atoms with E-state index in [1.807, 2.05) is 0 Å². The van der Waals surface area contributed by atoms with Gasteiger partial charge in [-0.1, -0.05) is 11.8 Å². The fourth-order valence-corrected chi connectivity index (χ4v) is 3.83. The lowest BCUT2D eigenvalue weighted by molar-refractivity contribution is 0.324. The molecule has 0 radical (unpaired) electrons. The molecule has 0 unspecified atom stereocenters. The number of ether oxygens (including phenoxy) is 3. The first kappa shape index (κ1) is 17.9. The van der Waals surface area contributed by atoms with Crippen molar-refractivity contribution in [3.8, 4) is 28.7 Å². The van der Waals surface area contributed by atoms with E-state index < -0.39 is 0 Å². The Morgan fingerprint density at radius 2 is 1.88 bits per heavy atom. The van der Waals surface area contributed by atoms with Gasteiger partial charge in [0.25, 0.3) is 5.22 Å². The second kappa shape index (κ2) is 7.97. The Kier molecular flexibility index (Phi) is 5.70. The number of methoxy groups -OCH3 is 3. The first-order chi connectivity index (χ1) is 12.1. The minimum Gasteiger partial charge on any atom is -0.493 e. The van der Waals surface area contributed by atoms with Gasteiger partial charge >= 0.3 is 0 Å². The van der Waals surface area contributed by atoms with Gasteiger partial charge in [-0.05, 0) is 38.1 Å². The molecule has 2 aromatic rings. The van der Waals surface area contributed by atoms with E-state index in [4.69, 9.17) is 18.6 Å². The van der Waals surface area contributed by atoms with Gasteiger partial charge in [-0.3, -0.25) is 0 Å². The second-order valence-electron chi connectivity index (χ2n) is 6.02. The number of aromatic nitrogens is 2. The number of nitrogens with zero attached hydrogens (tertiary/aromatic N) is 3. The van der Waals surface area contributed by atoms with Gasteiger partial charge in [0.2, 0.25) is 11.6 Å². The summed E-state index contributed by atoms with van der Waals surface area (Å²) in [6.07, 6.45) is 1.22. The van der Waals surface area contributed by atoms with Crippen molar-refractivity contribution in [2.75, 3.05) is 47.2 Å². The molecule has 0 aliphatic carbocycles. The van der Waals surface area contributed by atoms with E-state index >= 15 is 0 Å². The average Bonchev–Trinajstić information content (AvgIpc) is 3.27. The highest BCUT2D eigenvalue weighted by Crippen LogP contribution is 2.41. The van der Waals surface area contributed by atoms with Crippen LogP contribution in [0.4, 0.5) is 0 Å². The molecule has 8 heteroatoms. The van der Waals surface area contributed by atoms with E-state index in [1.54, 1.807) is 45.2 Å². The van der Waals surface area contributed by atoms with Crippen LogP contribution in [-0.2, 0) is 0 Å². The highest BCUT2D eigenvalue weighted by molar-refractivity contribution is 7.99. The molecule has 1 aromatic heterocycles. The third-order valence-corrected chi connectivity index (χ3v) is 5.30. The molecule has 0 bridgehead atoms. The number of hydrogen-bond donors (Lipinski definition) is 0. The maximum absolute atomic E-state index is 5.80. The van der Waals surface area contributed by atoms with Crippen molar-refractivity contribution in [1.82, 2.24) is 15.1 Å². The molecular weight excluding hydrogens is 342 g/mol. The molecule has 25 heavy (non-hydrogen) atoms. The van der Waals surface area contributed by atoms with Crippen molar-refractivity contribution < 1.29 is 18.6 Å². The number of hydrogen-bond acceptors (Lipinski definition) is 8. The van der Waals surface area contributed by atoms with E-state index in [0.717, 1.165) is 24.4 Å². The lowest BCUT2D eigenvalue weighted by Gasteiger charge is -2.12. The minimum atomic E-state index is 0.435. The van der Waals surface area contributed by atoms with Gasteiger partial charge in [0.05, 0.1) is 21.3 Å². The van der Waals surface area contributed by atoms with Crippen LogP contribution in [0.15, 0.2) is 21.8 Å². The zero-order valence-electron chi connectivity index (χ0n) is 14.9. The Morgan fingerprint density at radius 1 is 1.16 bits per heavy atom. The molecule has 1 aromatic carbocycles. The van der Waals surface area contributed by atoms with Crippen molar-refractivity contribution in [3.05, 3.63) is 12.1 Å². The summed E-state index contributed by atoms with van der Waals surface area (Å²) < 4.78 is 21.9. The highest BCUT2D eigenvalue weighted by atomic mass is 32.2. The van der Waals surface area contributed by atoms with Crippen LogP contribution in [-0.4, -0.2) is 62.3 Å². The third-order valence-electron chi connectivity index (χ3n) is 4.25. The summed E-state index contributed by atoms with van der Waals surface area (Å²) in [5, 5.41) is 8.88. The molecular formula is C17H23N3O4S. The standard InChI is InChI=1S/C17H23N3O4S/c1-20-6-5-11(9-20)10-25-17-19-18-16(24-17)12-7-13(21-2)15(23-4)14(8-12)22-3/h7-8,11H,5-6,9-10H2,1-4H3/t11-/m0/s1. The van der Waals surface area contributed by atoms with Crippen LogP contribution in [0.5, 0.6) is 17.2 Å². The quantitative estimate of drug-likeness (QED) is 0.694. The molecule has 1 aliphatic heterocycles. The number of likely N-dealkylation sites (tertiary alicyclic amines) is 1. The van der Waals surface area contributed by atoms with Crippen molar-refractivity contribution in [3.63, 3.8) is 0 Å². The predicted octanol–water partition coefficient (Wildman–Crippen LogP) is 2.81. The van der Waals surface area contributed by atoms with Crippen molar-refractivity contribution in [1.29, 1.82) is 0 Å². The van der Waals surface area contributed by atoms with Gasteiger partial charge < -0.3 is 23.5 Å². The summed E-state index contributed by atoms with van der Waals surface area (Å²) in [6, 6.07) is 3.60. The van der Waals surface area contributed by atoms with Crippen LogP contribution in [0, 0.1) is 5.92 Å². The number of rotatable bonds is 7. The molecule has 0 amide bonds. The maximum Gasteiger partial charge on any atom is 0.276 e. The van der Waals surface area contributed by atoms with Crippen molar-refractivity contribution >= 4 is 11.8 Å². The van der Waals surface area contributed by atoms with Gasteiger partial charge in [-0.25, -0.2) is 0 Å². The third kappa shape index (κ3) is 4.01. The van der Waals surface area contributed by atoms with Crippen molar-refractivity contribution in [2.45, 2.75) is 11.6 Å². The first-order valence-electron chi connectivity index (χ1n) is 8.09. The molecule has 1 aliphatic rings. The normalized spacial score (nSPS) is 17.7. The molecule has 0 N–H and O–H groups in total. The van der Waals surface area contributed by atoms with Crippen LogP contribution in [0.1, 0.15) is 6.42 Å². The summed E-state index contributed by atoms with van der Waals surface area (Å²) in [4.78, 5) is 2.35. The monoisotopic (exact) mass is 365 g/mol. The zero-order chi connectivity index (χ0) is 17.8. The van der Waals surface area contributed by atoms with Gasteiger partial charge in [0.1, 0.15) is 0 Å². The van der Waals surface area contributed by atoms with Gasteiger partial charge in [-0.2, -0.15) is 0 Å². The molecule has 0 saturated carbocycles. The summed E-state index contributed by atoms with van der Waals surface area (Å²) in [7, 11) is 6.88. The van der Waals surface area contributed by atoms with Gasteiger partial charge in [-0.15, -0.1) is 10.2 Å². The van der Waals surface area contributed by atoms with Crippen LogP contribution < -0.4 is 14.2 Å². The number of benzene rings is 1. The second-order valence-corrected chi connectivity index (χ2v) is 6.99. The molecule has 7 nitrogen and oxygen atoms in total. The topological polar surface area (TPSA) is 69.9 Å². The van der Waals surface area contributed by atoms with E-state index in [0.29, 0.717) is 34.3 Å². The average molecular weight is 365 g/mol. The molecule has 136 valence electrons. The maximum atomic E-state index is 5.80. The Balaban J connectivity index is 1.75. The van der Waals surface area contributed by atoms with Gasteiger partial charge in [0, 0.05) is 17.9 Å². The summed E-state index contributed by atoms with van der Waals surface area (Å²) in [6.45, 7) is 2.28. The van der Waals surface area contributed by atoms with E-state index in [1.165, 1.54) is 6.42 Å². The van der Waals surface area contributed by atoms with Crippen LogP contribution >= 0.6 is 11.8 Å². The summed E-state index contributed by atoms with van der Waals surface area (Å²) in [5.41, 5.74) is 0.731. The molecule has 2 heterocycles. The van der Waals surface area contributed by atoms with Crippen LogP contribution in [0.2, 0.25) is 0 Å². The lowest BCUT2D eigenvalue weighted by Crippen LogP contribution is -2.14. The molecule has 0 spiro atoms. The van der Waals surface area contributed by atoms with Crippen molar-refractivity contribution in [2.24, 2.45) is 5.92 Å². The fourth-order valence-electron chi connectivity index (χ4n) is 2.94. The zero-order valence-corrected chi connectivity index (χ0v) is 15.8. The summed E-state index contributed by atoms with van der Waals surface area (Å²) in [5.74, 6) is 3.74. The minimum absolute atomic E-state index is 0.435. The largest absolute Gasteiger partial charge is 0.493 e. The van der Waals surface area contributed by atoms with Crippen LogP contribution in [0.25, 0.3) is 11.5 Å². The predicted molar refractivity (Wildman–Crippen MR) is 95.7 cm³/mol. The summed E-state index contributed by atoms with van der Waals surface area (Å²) >= 11 is 1.61. The Morgan fingerprint density at radius 3 is 2.44 bits per heavy atom. The van der Waals surface area contributed by atoms with Gasteiger partial charge in [0.15, 0.2) is 11.5 Å². The SMILES string of the molecule is COc1cc(-c2nnc(SC[C@H]3CCN(C)C3)o2)cc(OC)c1OC. The Labute approximate surface area is 151 Å². The van der Waals surface area contributed by atoms with Crippen LogP contribution in [0.3, 0.4) is 0 Å². The van der Waals surface area contributed by atoms with E-state index in [-0.39, 0.29) is 0 Å². The Bertz CT molecular complexity index is 697. The smallest absolute Gasteiger partial charge is 0.276 e. The molecule has 1 saturated heterocycles. The fraction of sp³-hybridized carbons (Fsp3) is 0.529. The first-order valence-corrected chi connectivity index (χ1v) is 9.08. The van der Waals surface area contributed by atoms with E-state index in [9.17, 15) is 0 Å². The lowest BCUT2D eigenvalue weighted by atomic mass is 10.2. The molecule has 1 fully saturated rings. The Hall–Kier alpha value is -1.93. The molecule has 1 atom stereocenters. The highest BCUT2D eigenvalue weighted by Gasteiger charge is 2.21. The molecule has 3 rings (SSSR count). The number of thioether (sulfide) groups is 1.